The lowest BCUT2D eigenvalue weighted by Crippen LogP contribution is -2.30. The lowest BCUT2D eigenvalue weighted by atomic mass is 9.96. The second-order valence-electron chi connectivity index (χ2n) is 8.68. The molecule has 1 aliphatic rings. The molecule has 0 bridgehead atoms. The van der Waals surface area contributed by atoms with Gasteiger partial charge in [0.25, 0.3) is 0 Å². The first-order chi connectivity index (χ1) is 17.4. The molecule has 3 heterocycles. The molecular formula is C28H27ClN4O2S. The first kappa shape index (κ1) is 24.2. The highest BCUT2D eigenvalue weighted by molar-refractivity contribution is 7.80. The Morgan fingerprint density at radius 2 is 1.81 bits per heavy atom. The summed E-state index contributed by atoms with van der Waals surface area (Å²) >= 11 is 12.3. The molecule has 4 aromatic rings. The molecule has 2 atom stereocenters. The quantitative estimate of drug-likeness (QED) is 0.301. The Balaban J connectivity index is 1.72. The molecule has 6 nitrogen and oxygen atoms in total. The smallest absolute Gasteiger partial charge is 0.174 e. The van der Waals surface area contributed by atoms with Crippen molar-refractivity contribution in [3.05, 3.63) is 101 Å². The standard InChI is InChI=1S/C28H27ClN4O2S/c1-17-14-22(18(2)32(17)20-9-7-8-19(29)15-20)27-26(23-10-5-6-13-30-23)31-28(36)33(27)24-16-21(34-3)11-12-25(24)35-4/h5-16,26-27H,1-4H3,(H,31,36)/t26-,27+/m1/s1. The van der Waals surface area contributed by atoms with E-state index >= 15 is 0 Å². The van der Waals surface area contributed by atoms with E-state index in [2.05, 4.69) is 45.7 Å². The number of benzene rings is 2. The summed E-state index contributed by atoms with van der Waals surface area (Å²) in [6, 6.07) is 21.4. The molecule has 36 heavy (non-hydrogen) atoms. The van der Waals surface area contributed by atoms with E-state index in [-0.39, 0.29) is 12.1 Å². The minimum atomic E-state index is -0.187. The Hall–Kier alpha value is -3.55. The number of nitrogens with one attached hydrogen (secondary N) is 1. The van der Waals surface area contributed by atoms with Crippen LogP contribution < -0.4 is 19.7 Å². The van der Waals surface area contributed by atoms with Gasteiger partial charge in [0.1, 0.15) is 11.5 Å². The van der Waals surface area contributed by atoms with Gasteiger partial charge in [0.15, 0.2) is 5.11 Å². The van der Waals surface area contributed by atoms with Crippen LogP contribution in [0.3, 0.4) is 0 Å². The van der Waals surface area contributed by atoms with Gasteiger partial charge in [-0.1, -0.05) is 23.7 Å². The average Bonchev–Trinajstić information content (AvgIpc) is 3.38. The molecule has 0 unspecified atom stereocenters. The third-order valence-electron chi connectivity index (χ3n) is 6.60. The van der Waals surface area contributed by atoms with Gasteiger partial charge in [0.05, 0.1) is 37.7 Å². The first-order valence-corrected chi connectivity index (χ1v) is 12.4. The lowest BCUT2D eigenvalue weighted by Gasteiger charge is -2.29. The molecular weight excluding hydrogens is 492 g/mol. The van der Waals surface area contributed by atoms with Crippen LogP contribution in [0.1, 0.15) is 34.7 Å². The number of halogens is 1. The Labute approximate surface area is 221 Å². The normalized spacial score (nSPS) is 17.2. The molecule has 184 valence electrons. The topological polar surface area (TPSA) is 51.6 Å². The summed E-state index contributed by atoms with van der Waals surface area (Å²) in [7, 11) is 3.31. The fraction of sp³-hybridized carbons (Fsp3) is 0.214. The highest BCUT2D eigenvalue weighted by Crippen LogP contribution is 2.47. The average molecular weight is 519 g/mol. The van der Waals surface area contributed by atoms with Gasteiger partial charge >= 0.3 is 0 Å². The predicted octanol–water partition coefficient (Wildman–Crippen LogP) is 6.34. The first-order valence-electron chi connectivity index (χ1n) is 11.6. The van der Waals surface area contributed by atoms with E-state index in [0.29, 0.717) is 15.9 Å². The second kappa shape index (κ2) is 9.84. The fourth-order valence-corrected chi connectivity index (χ4v) is 5.54. The molecule has 2 aromatic carbocycles. The maximum atomic E-state index is 6.34. The number of nitrogens with zero attached hydrogens (tertiary/aromatic N) is 3. The van der Waals surface area contributed by atoms with Gasteiger partial charge < -0.3 is 24.3 Å². The Kier molecular flexibility index (Phi) is 6.60. The molecule has 1 N–H and O–H groups in total. The molecule has 2 aromatic heterocycles. The Morgan fingerprint density at radius 3 is 2.50 bits per heavy atom. The van der Waals surface area contributed by atoms with Crippen molar-refractivity contribution in [2.75, 3.05) is 19.1 Å². The van der Waals surface area contributed by atoms with Crippen LogP contribution in [0.4, 0.5) is 5.69 Å². The van der Waals surface area contributed by atoms with Crippen molar-refractivity contribution >= 4 is 34.6 Å². The van der Waals surface area contributed by atoms with Crippen molar-refractivity contribution in [1.29, 1.82) is 0 Å². The van der Waals surface area contributed by atoms with Crippen LogP contribution in [0.15, 0.2) is 72.9 Å². The summed E-state index contributed by atoms with van der Waals surface area (Å²) in [6.45, 7) is 4.23. The van der Waals surface area contributed by atoms with Crippen molar-refractivity contribution in [2.45, 2.75) is 25.9 Å². The molecule has 0 radical (unpaired) electrons. The minimum Gasteiger partial charge on any atom is -0.497 e. The molecule has 8 heteroatoms. The summed E-state index contributed by atoms with van der Waals surface area (Å²) in [6.07, 6.45) is 1.81. The van der Waals surface area contributed by atoms with Crippen molar-refractivity contribution in [3.63, 3.8) is 0 Å². The Bertz CT molecular complexity index is 1420. The van der Waals surface area contributed by atoms with Crippen LogP contribution >= 0.6 is 23.8 Å². The Morgan fingerprint density at radius 1 is 0.972 bits per heavy atom. The number of aryl methyl sites for hydroxylation is 1. The van der Waals surface area contributed by atoms with E-state index in [1.807, 2.05) is 54.6 Å². The summed E-state index contributed by atoms with van der Waals surface area (Å²) in [5.41, 5.74) is 6.06. The van der Waals surface area contributed by atoms with E-state index in [1.165, 1.54) is 0 Å². The van der Waals surface area contributed by atoms with Gasteiger partial charge in [-0.15, -0.1) is 0 Å². The zero-order chi connectivity index (χ0) is 25.4. The SMILES string of the molecule is COc1ccc(OC)c(N2C(=S)N[C@H](c3ccccn3)[C@@H]2c2cc(C)n(-c3cccc(Cl)c3)c2C)c1. The van der Waals surface area contributed by atoms with Crippen LogP contribution in [-0.4, -0.2) is 28.9 Å². The third-order valence-corrected chi connectivity index (χ3v) is 7.15. The number of rotatable bonds is 6. The summed E-state index contributed by atoms with van der Waals surface area (Å²) in [5, 5.41) is 4.82. The van der Waals surface area contributed by atoms with E-state index in [1.54, 1.807) is 20.4 Å². The van der Waals surface area contributed by atoms with Crippen LogP contribution in [0.2, 0.25) is 5.02 Å². The second-order valence-corrected chi connectivity index (χ2v) is 9.50. The van der Waals surface area contributed by atoms with Crippen molar-refractivity contribution < 1.29 is 9.47 Å². The van der Waals surface area contributed by atoms with Gasteiger partial charge in [-0.25, -0.2) is 0 Å². The number of anilines is 1. The van der Waals surface area contributed by atoms with E-state index in [0.717, 1.165) is 39.8 Å². The number of pyridine rings is 1. The molecule has 0 saturated carbocycles. The zero-order valence-corrected chi connectivity index (χ0v) is 22.1. The number of hydrogen-bond donors (Lipinski definition) is 1. The largest absolute Gasteiger partial charge is 0.497 e. The minimum absolute atomic E-state index is 0.178. The number of methoxy groups -OCH3 is 2. The maximum Gasteiger partial charge on any atom is 0.174 e. The van der Waals surface area contributed by atoms with Gasteiger partial charge in [0, 0.05) is 34.4 Å². The fourth-order valence-electron chi connectivity index (χ4n) is 5.02. The number of hydrogen-bond acceptors (Lipinski definition) is 4. The summed E-state index contributed by atoms with van der Waals surface area (Å²) in [4.78, 5) is 6.79. The summed E-state index contributed by atoms with van der Waals surface area (Å²) in [5.74, 6) is 1.42. The highest BCUT2D eigenvalue weighted by Gasteiger charge is 2.43. The molecule has 0 spiro atoms. The lowest BCUT2D eigenvalue weighted by molar-refractivity contribution is 0.403. The van der Waals surface area contributed by atoms with Crippen molar-refractivity contribution in [3.8, 4) is 17.2 Å². The van der Waals surface area contributed by atoms with Crippen LogP contribution in [0, 0.1) is 13.8 Å². The van der Waals surface area contributed by atoms with Gasteiger partial charge in [-0.05, 0) is 80.2 Å². The predicted molar refractivity (Wildman–Crippen MR) is 148 cm³/mol. The molecule has 5 rings (SSSR count). The number of thiocarbonyl (C=S) groups is 1. The van der Waals surface area contributed by atoms with Crippen LogP contribution in [0.25, 0.3) is 5.69 Å². The molecule has 0 amide bonds. The van der Waals surface area contributed by atoms with Crippen LogP contribution in [-0.2, 0) is 0 Å². The highest BCUT2D eigenvalue weighted by atomic mass is 35.5. The van der Waals surface area contributed by atoms with E-state index < -0.39 is 0 Å². The third kappa shape index (κ3) is 4.18. The maximum absolute atomic E-state index is 6.34. The van der Waals surface area contributed by atoms with Crippen molar-refractivity contribution in [2.24, 2.45) is 0 Å². The van der Waals surface area contributed by atoms with E-state index in [9.17, 15) is 0 Å². The van der Waals surface area contributed by atoms with E-state index in [4.69, 9.17) is 33.3 Å². The molecule has 1 aliphatic heterocycles. The van der Waals surface area contributed by atoms with Crippen LogP contribution in [0.5, 0.6) is 11.5 Å². The summed E-state index contributed by atoms with van der Waals surface area (Å²) < 4.78 is 13.5. The molecule has 1 saturated heterocycles. The molecule has 1 fully saturated rings. The monoisotopic (exact) mass is 518 g/mol. The van der Waals surface area contributed by atoms with Gasteiger partial charge in [0.2, 0.25) is 0 Å². The number of ether oxygens (including phenoxy) is 2. The zero-order valence-electron chi connectivity index (χ0n) is 20.5. The number of aromatic nitrogens is 2. The van der Waals surface area contributed by atoms with Gasteiger partial charge in [-0.3, -0.25) is 4.98 Å². The van der Waals surface area contributed by atoms with Gasteiger partial charge in [-0.2, -0.15) is 0 Å². The van der Waals surface area contributed by atoms with Crippen molar-refractivity contribution in [1.82, 2.24) is 14.9 Å². The molecule has 0 aliphatic carbocycles.